The second-order valence-electron chi connectivity index (χ2n) is 2.98. The third kappa shape index (κ3) is 1.97. The van der Waals surface area contributed by atoms with Crippen LogP contribution >= 0.6 is 0 Å². The quantitative estimate of drug-likeness (QED) is 0.479. The predicted molar refractivity (Wildman–Crippen MR) is 42.9 cm³/mol. The van der Waals surface area contributed by atoms with Gasteiger partial charge in [-0.3, -0.25) is 0 Å². The highest BCUT2D eigenvalue weighted by Gasteiger charge is 2.21. The molecule has 0 unspecified atom stereocenters. The normalized spacial score (nSPS) is 28.5. The van der Waals surface area contributed by atoms with E-state index < -0.39 is 0 Å². The lowest BCUT2D eigenvalue weighted by Crippen LogP contribution is -2.53. The van der Waals surface area contributed by atoms with E-state index in [1.807, 2.05) is 6.82 Å². The third-order valence-corrected chi connectivity index (χ3v) is 1.93. The average molecular weight is 142 g/mol. The Balaban J connectivity index is 2.32. The Bertz CT molecular complexity index is 110. The predicted octanol–water partition coefficient (Wildman–Crippen LogP) is -0.610. The topological polar surface area (TPSA) is 35.5 Å². The van der Waals surface area contributed by atoms with E-state index in [0.29, 0.717) is 6.04 Å². The van der Waals surface area contributed by atoms with Crippen molar-refractivity contribution in [2.75, 3.05) is 19.6 Å². The highest BCUT2D eigenvalue weighted by Crippen LogP contribution is 1.98. The summed E-state index contributed by atoms with van der Waals surface area (Å²) >= 11 is 0. The molecule has 0 radical (unpaired) electrons. The molecular formula is C6H15BN2O. The van der Waals surface area contributed by atoms with Crippen molar-refractivity contribution in [3.63, 3.8) is 0 Å². The Hall–Kier alpha value is -0.0551. The van der Waals surface area contributed by atoms with E-state index in [1.54, 1.807) is 0 Å². The van der Waals surface area contributed by atoms with E-state index in [2.05, 4.69) is 17.1 Å². The number of nitrogens with zero attached hydrogens (tertiary/aromatic N) is 1. The van der Waals surface area contributed by atoms with Crippen LogP contribution in [0.15, 0.2) is 0 Å². The lowest BCUT2D eigenvalue weighted by atomic mass is 9.84. The number of hydrogen-bond acceptors (Lipinski definition) is 3. The van der Waals surface area contributed by atoms with E-state index in [0.717, 1.165) is 19.6 Å². The standard InChI is InChI=1S/C6H15BN2O/c1-6-5-9(7(2)10)4-3-8-6/h6,8,10H,3-5H2,1-2H3/t6-/m0/s1. The van der Waals surface area contributed by atoms with Crippen LogP contribution in [0.1, 0.15) is 6.92 Å². The SMILES string of the molecule is CB(O)N1CCN[C@@H](C)C1. The van der Waals surface area contributed by atoms with Crippen molar-refractivity contribution in [2.24, 2.45) is 0 Å². The molecule has 0 spiro atoms. The smallest absolute Gasteiger partial charge is 0.376 e. The summed E-state index contributed by atoms with van der Waals surface area (Å²) in [5, 5.41) is 12.5. The van der Waals surface area contributed by atoms with Gasteiger partial charge in [0, 0.05) is 25.7 Å². The largest absolute Gasteiger partial charge is 0.437 e. The summed E-state index contributed by atoms with van der Waals surface area (Å²) in [7, 11) is -0.287. The van der Waals surface area contributed by atoms with Gasteiger partial charge in [-0.15, -0.1) is 0 Å². The highest BCUT2D eigenvalue weighted by molar-refractivity contribution is 6.45. The summed E-state index contributed by atoms with van der Waals surface area (Å²) in [6.07, 6.45) is 0. The first-order chi connectivity index (χ1) is 4.70. The van der Waals surface area contributed by atoms with Crippen LogP contribution in [0.4, 0.5) is 0 Å². The van der Waals surface area contributed by atoms with E-state index in [1.165, 1.54) is 0 Å². The molecule has 0 aromatic carbocycles. The van der Waals surface area contributed by atoms with Crippen molar-refractivity contribution in [2.45, 2.75) is 19.8 Å². The van der Waals surface area contributed by atoms with Gasteiger partial charge < -0.3 is 15.2 Å². The molecule has 1 saturated heterocycles. The number of nitrogens with one attached hydrogen (secondary N) is 1. The molecule has 10 heavy (non-hydrogen) atoms. The Labute approximate surface area is 62.5 Å². The average Bonchev–Trinajstić information content (AvgIpc) is 1.88. The second-order valence-corrected chi connectivity index (χ2v) is 2.98. The van der Waals surface area contributed by atoms with E-state index in [9.17, 15) is 5.02 Å². The first kappa shape index (κ1) is 8.05. The van der Waals surface area contributed by atoms with E-state index in [-0.39, 0.29) is 7.05 Å². The molecule has 0 aromatic heterocycles. The molecule has 1 heterocycles. The van der Waals surface area contributed by atoms with Crippen molar-refractivity contribution in [1.82, 2.24) is 10.1 Å². The molecule has 1 aliphatic heterocycles. The lowest BCUT2D eigenvalue weighted by Gasteiger charge is -2.32. The Morgan fingerprint density at radius 1 is 1.70 bits per heavy atom. The van der Waals surface area contributed by atoms with Gasteiger partial charge >= 0.3 is 7.05 Å². The van der Waals surface area contributed by atoms with Crippen molar-refractivity contribution >= 4 is 7.05 Å². The van der Waals surface area contributed by atoms with Crippen LogP contribution in [-0.4, -0.2) is 42.6 Å². The van der Waals surface area contributed by atoms with Crippen LogP contribution in [0.5, 0.6) is 0 Å². The summed E-state index contributed by atoms with van der Waals surface area (Å²) in [6.45, 7) is 6.86. The van der Waals surface area contributed by atoms with Crippen LogP contribution < -0.4 is 5.32 Å². The number of piperazine rings is 1. The maximum absolute atomic E-state index is 9.19. The van der Waals surface area contributed by atoms with Gasteiger partial charge in [-0.25, -0.2) is 0 Å². The lowest BCUT2D eigenvalue weighted by molar-refractivity contribution is 0.281. The molecule has 0 bridgehead atoms. The van der Waals surface area contributed by atoms with Crippen molar-refractivity contribution in [3.05, 3.63) is 0 Å². The molecule has 1 fully saturated rings. The maximum atomic E-state index is 9.19. The van der Waals surface area contributed by atoms with Crippen LogP contribution in [0.3, 0.4) is 0 Å². The minimum atomic E-state index is -0.287. The molecule has 58 valence electrons. The molecule has 0 amide bonds. The Kier molecular flexibility index (Phi) is 2.71. The summed E-state index contributed by atoms with van der Waals surface area (Å²) in [5.41, 5.74) is 0. The minimum absolute atomic E-state index is 0.287. The fourth-order valence-electron chi connectivity index (χ4n) is 1.30. The van der Waals surface area contributed by atoms with Crippen molar-refractivity contribution in [1.29, 1.82) is 0 Å². The Morgan fingerprint density at radius 3 is 2.80 bits per heavy atom. The number of hydrogen-bond donors (Lipinski definition) is 2. The van der Waals surface area contributed by atoms with Gasteiger partial charge in [0.25, 0.3) is 0 Å². The molecular weight excluding hydrogens is 127 g/mol. The molecule has 2 N–H and O–H groups in total. The van der Waals surface area contributed by atoms with Gasteiger partial charge in [-0.05, 0) is 13.7 Å². The minimum Gasteiger partial charge on any atom is -0.437 e. The zero-order chi connectivity index (χ0) is 7.56. The number of rotatable bonds is 1. The Morgan fingerprint density at radius 2 is 2.40 bits per heavy atom. The third-order valence-electron chi connectivity index (χ3n) is 1.93. The van der Waals surface area contributed by atoms with Crippen LogP contribution in [-0.2, 0) is 0 Å². The van der Waals surface area contributed by atoms with Gasteiger partial charge in [0.15, 0.2) is 0 Å². The van der Waals surface area contributed by atoms with Gasteiger partial charge in [0.1, 0.15) is 0 Å². The fraction of sp³-hybridized carbons (Fsp3) is 1.00. The molecule has 0 saturated carbocycles. The van der Waals surface area contributed by atoms with Gasteiger partial charge in [0.2, 0.25) is 0 Å². The van der Waals surface area contributed by atoms with Gasteiger partial charge in [-0.2, -0.15) is 0 Å². The summed E-state index contributed by atoms with van der Waals surface area (Å²) in [5.74, 6) is 0. The summed E-state index contributed by atoms with van der Waals surface area (Å²) < 4.78 is 0. The second kappa shape index (κ2) is 3.37. The van der Waals surface area contributed by atoms with Crippen LogP contribution in [0.2, 0.25) is 6.82 Å². The summed E-state index contributed by atoms with van der Waals surface area (Å²) in [4.78, 5) is 2.07. The molecule has 1 rings (SSSR count). The molecule has 0 aromatic rings. The zero-order valence-electron chi connectivity index (χ0n) is 6.67. The maximum Gasteiger partial charge on any atom is 0.376 e. The van der Waals surface area contributed by atoms with Crippen LogP contribution in [0, 0.1) is 0 Å². The monoisotopic (exact) mass is 142 g/mol. The van der Waals surface area contributed by atoms with Gasteiger partial charge in [0.05, 0.1) is 0 Å². The molecule has 1 aliphatic rings. The highest BCUT2D eigenvalue weighted by atomic mass is 16.2. The zero-order valence-corrected chi connectivity index (χ0v) is 6.67. The molecule has 1 atom stereocenters. The van der Waals surface area contributed by atoms with Gasteiger partial charge in [-0.1, -0.05) is 0 Å². The van der Waals surface area contributed by atoms with Crippen molar-refractivity contribution < 1.29 is 5.02 Å². The fourth-order valence-corrected chi connectivity index (χ4v) is 1.30. The molecule has 0 aliphatic carbocycles. The summed E-state index contributed by atoms with van der Waals surface area (Å²) in [6, 6.07) is 0.517. The molecule has 4 heteroatoms. The molecule has 3 nitrogen and oxygen atoms in total. The van der Waals surface area contributed by atoms with E-state index >= 15 is 0 Å². The van der Waals surface area contributed by atoms with E-state index in [4.69, 9.17) is 0 Å². The first-order valence-corrected chi connectivity index (χ1v) is 3.85. The van der Waals surface area contributed by atoms with Crippen LogP contribution in [0.25, 0.3) is 0 Å². The first-order valence-electron chi connectivity index (χ1n) is 3.85. The van der Waals surface area contributed by atoms with Crippen molar-refractivity contribution in [3.8, 4) is 0 Å².